The van der Waals surface area contributed by atoms with Crippen molar-refractivity contribution in [2.75, 3.05) is 18.4 Å². The molecular weight excluding hydrogens is 312 g/mol. The summed E-state index contributed by atoms with van der Waals surface area (Å²) in [5.74, 6) is 0.556. The Kier molecular flexibility index (Phi) is 6.64. The van der Waals surface area contributed by atoms with Gasteiger partial charge in [0, 0.05) is 13.1 Å². The summed E-state index contributed by atoms with van der Waals surface area (Å²) in [4.78, 5) is 15.4. The number of hydrogen-bond donors (Lipinski definition) is 3. The molecule has 0 radical (unpaired) electrons. The van der Waals surface area contributed by atoms with E-state index < -0.39 is 11.7 Å². The fraction of sp³-hybridized carbons (Fsp3) is 0.462. The third-order valence-electron chi connectivity index (χ3n) is 2.04. The van der Waals surface area contributed by atoms with E-state index in [1.165, 1.54) is 0 Å². The number of anilines is 1. The van der Waals surface area contributed by atoms with Gasteiger partial charge in [-0.05, 0) is 45.1 Å². The van der Waals surface area contributed by atoms with Crippen molar-refractivity contribution < 1.29 is 9.53 Å². The average molecular weight is 331 g/mol. The molecule has 0 aliphatic rings. The summed E-state index contributed by atoms with van der Waals surface area (Å²) in [6.45, 7) is 6.27. The maximum atomic E-state index is 11.4. The molecule has 1 amide bonds. The number of nitrogens with one attached hydrogen (secondary N) is 3. The zero-order chi connectivity index (χ0) is 15.9. The Morgan fingerprint density at radius 2 is 2.00 bits per heavy atom. The van der Waals surface area contributed by atoms with E-state index in [2.05, 4.69) is 20.9 Å². The zero-order valence-corrected chi connectivity index (χ0v) is 13.8. The molecule has 0 aliphatic heterocycles. The average Bonchev–Trinajstić information content (AvgIpc) is 2.32. The highest BCUT2D eigenvalue weighted by atomic mass is 35.5. The van der Waals surface area contributed by atoms with Crippen LogP contribution in [0.3, 0.4) is 0 Å². The van der Waals surface area contributed by atoms with E-state index in [9.17, 15) is 4.79 Å². The Morgan fingerprint density at radius 1 is 1.33 bits per heavy atom. The summed E-state index contributed by atoms with van der Waals surface area (Å²) in [5, 5.41) is 9.23. The molecule has 0 aliphatic carbocycles. The highest BCUT2D eigenvalue weighted by molar-refractivity contribution is 7.80. The molecule has 0 fully saturated rings. The summed E-state index contributed by atoms with van der Waals surface area (Å²) < 4.78 is 5.10. The van der Waals surface area contributed by atoms with Gasteiger partial charge in [-0.15, -0.1) is 0 Å². The van der Waals surface area contributed by atoms with Crippen LogP contribution >= 0.6 is 23.8 Å². The van der Waals surface area contributed by atoms with Gasteiger partial charge in [0.1, 0.15) is 16.6 Å². The second-order valence-electron chi connectivity index (χ2n) is 5.16. The predicted octanol–water partition coefficient (Wildman–Crippen LogP) is 2.55. The summed E-state index contributed by atoms with van der Waals surface area (Å²) in [7, 11) is 0. The van der Waals surface area contributed by atoms with Gasteiger partial charge in [-0.1, -0.05) is 17.7 Å². The first-order chi connectivity index (χ1) is 9.76. The Bertz CT molecular complexity index is 505. The molecule has 8 heteroatoms. The summed E-state index contributed by atoms with van der Waals surface area (Å²) in [6.07, 6.45) is -0.459. The van der Waals surface area contributed by atoms with E-state index in [1.807, 2.05) is 20.8 Å². The normalized spacial score (nSPS) is 10.7. The fourth-order valence-electron chi connectivity index (χ4n) is 1.29. The van der Waals surface area contributed by atoms with E-state index in [0.29, 0.717) is 29.2 Å². The lowest BCUT2D eigenvalue weighted by Gasteiger charge is -2.19. The third kappa shape index (κ3) is 8.31. The lowest BCUT2D eigenvalue weighted by Crippen LogP contribution is -2.39. The maximum absolute atomic E-state index is 11.4. The minimum Gasteiger partial charge on any atom is -0.444 e. The number of alkyl carbamates (subject to hydrolysis) is 1. The Morgan fingerprint density at radius 3 is 2.62 bits per heavy atom. The van der Waals surface area contributed by atoms with Crippen LogP contribution in [-0.2, 0) is 4.74 Å². The number of amides is 1. The second-order valence-corrected chi connectivity index (χ2v) is 5.95. The van der Waals surface area contributed by atoms with Gasteiger partial charge >= 0.3 is 6.09 Å². The molecule has 1 aromatic heterocycles. The van der Waals surface area contributed by atoms with Gasteiger partial charge in [-0.3, -0.25) is 0 Å². The Hall–Kier alpha value is -1.60. The standard InChI is InChI=1S/C13H19ClN4O2S/c1-13(2,3)20-12(19)16-8-7-15-11(21)18-10-6-4-5-9(14)17-10/h4-6H,7-8H2,1-3H3,(H,16,19)(H2,15,17,18,21). The van der Waals surface area contributed by atoms with Crippen LogP contribution in [0.2, 0.25) is 5.15 Å². The lowest BCUT2D eigenvalue weighted by molar-refractivity contribution is 0.0529. The van der Waals surface area contributed by atoms with E-state index >= 15 is 0 Å². The van der Waals surface area contributed by atoms with Crippen LogP contribution in [-0.4, -0.2) is 34.9 Å². The number of aromatic nitrogens is 1. The largest absolute Gasteiger partial charge is 0.444 e. The molecule has 1 heterocycles. The first-order valence-corrected chi connectivity index (χ1v) is 7.19. The third-order valence-corrected chi connectivity index (χ3v) is 2.49. The van der Waals surface area contributed by atoms with Crippen molar-refractivity contribution in [1.82, 2.24) is 15.6 Å². The number of halogens is 1. The van der Waals surface area contributed by atoms with Crippen LogP contribution in [0.15, 0.2) is 18.2 Å². The van der Waals surface area contributed by atoms with Crippen molar-refractivity contribution in [2.24, 2.45) is 0 Å². The van der Waals surface area contributed by atoms with E-state index in [0.717, 1.165) is 0 Å². The van der Waals surface area contributed by atoms with Crippen molar-refractivity contribution in [3.05, 3.63) is 23.4 Å². The minimum absolute atomic E-state index is 0.384. The fourth-order valence-corrected chi connectivity index (χ4v) is 1.66. The van der Waals surface area contributed by atoms with Gasteiger partial charge in [-0.2, -0.15) is 0 Å². The number of carbonyl (C=O) groups excluding carboxylic acids is 1. The first kappa shape index (κ1) is 17.5. The van der Waals surface area contributed by atoms with Gasteiger partial charge < -0.3 is 20.7 Å². The van der Waals surface area contributed by atoms with Gasteiger partial charge in [0.2, 0.25) is 0 Å². The molecule has 0 unspecified atom stereocenters. The van der Waals surface area contributed by atoms with Crippen molar-refractivity contribution >= 4 is 40.8 Å². The van der Waals surface area contributed by atoms with Gasteiger partial charge in [0.15, 0.2) is 5.11 Å². The summed E-state index contributed by atoms with van der Waals surface area (Å²) >= 11 is 10.9. The molecule has 6 nitrogen and oxygen atoms in total. The molecule has 0 bridgehead atoms. The van der Waals surface area contributed by atoms with Crippen LogP contribution in [0.1, 0.15) is 20.8 Å². The maximum Gasteiger partial charge on any atom is 0.407 e. The van der Waals surface area contributed by atoms with Crippen LogP contribution < -0.4 is 16.0 Å². The molecule has 0 aromatic carbocycles. The number of nitrogens with zero attached hydrogens (tertiary/aromatic N) is 1. The van der Waals surface area contributed by atoms with Crippen molar-refractivity contribution in [3.8, 4) is 0 Å². The molecule has 116 valence electrons. The highest BCUT2D eigenvalue weighted by Crippen LogP contribution is 2.08. The molecule has 1 rings (SSSR count). The topological polar surface area (TPSA) is 75.3 Å². The molecule has 0 atom stereocenters. The number of hydrogen-bond acceptors (Lipinski definition) is 4. The smallest absolute Gasteiger partial charge is 0.407 e. The van der Waals surface area contributed by atoms with Crippen LogP contribution in [0, 0.1) is 0 Å². The molecule has 0 saturated heterocycles. The van der Waals surface area contributed by atoms with Crippen LogP contribution in [0.5, 0.6) is 0 Å². The molecule has 21 heavy (non-hydrogen) atoms. The number of pyridine rings is 1. The van der Waals surface area contributed by atoms with Crippen LogP contribution in [0.25, 0.3) is 0 Å². The molecular formula is C13H19ClN4O2S. The number of rotatable bonds is 4. The number of carbonyl (C=O) groups is 1. The molecule has 0 saturated carbocycles. The van der Waals surface area contributed by atoms with Gasteiger partial charge in [-0.25, -0.2) is 9.78 Å². The summed E-state index contributed by atoms with van der Waals surface area (Å²) in [6, 6.07) is 5.19. The second kappa shape index (κ2) is 7.99. The highest BCUT2D eigenvalue weighted by Gasteiger charge is 2.15. The van der Waals surface area contributed by atoms with Crippen molar-refractivity contribution in [2.45, 2.75) is 26.4 Å². The summed E-state index contributed by atoms with van der Waals surface area (Å²) in [5.41, 5.74) is -0.507. The van der Waals surface area contributed by atoms with E-state index in [1.54, 1.807) is 18.2 Å². The van der Waals surface area contributed by atoms with Crippen molar-refractivity contribution in [3.63, 3.8) is 0 Å². The molecule has 1 aromatic rings. The quantitative estimate of drug-likeness (QED) is 0.447. The zero-order valence-electron chi connectivity index (χ0n) is 12.2. The minimum atomic E-state index is -0.507. The predicted molar refractivity (Wildman–Crippen MR) is 87.7 cm³/mol. The Balaban J connectivity index is 2.21. The van der Waals surface area contributed by atoms with E-state index in [4.69, 9.17) is 28.6 Å². The molecule has 3 N–H and O–H groups in total. The molecule has 0 spiro atoms. The Labute approximate surface area is 134 Å². The van der Waals surface area contributed by atoms with Crippen molar-refractivity contribution in [1.29, 1.82) is 0 Å². The van der Waals surface area contributed by atoms with Gasteiger partial charge in [0.25, 0.3) is 0 Å². The first-order valence-electron chi connectivity index (χ1n) is 6.40. The number of ether oxygens (including phenoxy) is 1. The lowest BCUT2D eigenvalue weighted by atomic mass is 10.2. The van der Waals surface area contributed by atoms with Gasteiger partial charge in [0.05, 0.1) is 0 Å². The van der Waals surface area contributed by atoms with Crippen LogP contribution in [0.4, 0.5) is 10.6 Å². The monoisotopic (exact) mass is 330 g/mol. The SMILES string of the molecule is CC(C)(C)OC(=O)NCCNC(=S)Nc1cccc(Cl)n1. The number of thiocarbonyl (C=S) groups is 1. The van der Waals surface area contributed by atoms with E-state index in [-0.39, 0.29) is 0 Å².